The van der Waals surface area contributed by atoms with Crippen molar-refractivity contribution in [3.63, 3.8) is 0 Å². The number of para-hydroxylation sites is 2. The first-order valence-electron chi connectivity index (χ1n) is 5.98. The normalized spacial score (nSPS) is 14.6. The van der Waals surface area contributed by atoms with Crippen LogP contribution in [0.25, 0.3) is 0 Å². The number of hydrogen-bond donors (Lipinski definition) is 2. The van der Waals surface area contributed by atoms with E-state index in [0.717, 1.165) is 24.6 Å². The van der Waals surface area contributed by atoms with Gasteiger partial charge in [-0.1, -0.05) is 25.0 Å². The number of nitrogen functional groups attached to an aromatic ring is 1. The maximum atomic E-state index is 10.9. The minimum absolute atomic E-state index is 0.0148. The van der Waals surface area contributed by atoms with Gasteiger partial charge in [-0.3, -0.25) is 4.79 Å². The highest BCUT2D eigenvalue weighted by atomic mass is 16.4. The second kappa shape index (κ2) is 5.08. The van der Waals surface area contributed by atoms with E-state index in [4.69, 9.17) is 10.8 Å². The standard InChI is InChI=1S/C13H18N2O2/c14-11-3-1-2-4-12(11)15(9-13(16)17)8-7-10-5-6-10/h1-4,10H,5-9,14H2,(H,16,17). The average molecular weight is 234 g/mol. The molecule has 0 atom stereocenters. The smallest absolute Gasteiger partial charge is 0.323 e. The number of aliphatic carboxylic acids is 1. The highest BCUT2D eigenvalue weighted by molar-refractivity contribution is 5.77. The lowest BCUT2D eigenvalue weighted by atomic mass is 10.2. The number of rotatable bonds is 6. The van der Waals surface area contributed by atoms with Gasteiger partial charge < -0.3 is 15.7 Å². The van der Waals surface area contributed by atoms with Crippen molar-refractivity contribution in [3.05, 3.63) is 24.3 Å². The molecule has 0 aliphatic heterocycles. The van der Waals surface area contributed by atoms with E-state index >= 15 is 0 Å². The molecular formula is C13H18N2O2. The van der Waals surface area contributed by atoms with Gasteiger partial charge in [0.15, 0.2) is 0 Å². The quantitative estimate of drug-likeness (QED) is 0.738. The molecule has 0 spiro atoms. The number of nitrogens with zero attached hydrogens (tertiary/aromatic N) is 1. The molecule has 0 saturated heterocycles. The summed E-state index contributed by atoms with van der Waals surface area (Å²) in [6.07, 6.45) is 3.62. The van der Waals surface area contributed by atoms with E-state index in [1.54, 1.807) is 6.07 Å². The van der Waals surface area contributed by atoms with Crippen LogP contribution >= 0.6 is 0 Å². The highest BCUT2D eigenvalue weighted by Gasteiger charge is 2.23. The predicted molar refractivity (Wildman–Crippen MR) is 68.0 cm³/mol. The number of carboxylic acid groups (broad SMARTS) is 1. The van der Waals surface area contributed by atoms with Gasteiger partial charge in [0.05, 0.1) is 11.4 Å². The number of carboxylic acids is 1. The summed E-state index contributed by atoms with van der Waals surface area (Å²) in [4.78, 5) is 12.7. The number of anilines is 2. The minimum Gasteiger partial charge on any atom is -0.480 e. The summed E-state index contributed by atoms with van der Waals surface area (Å²) >= 11 is 0. The molecule has 4 heteroatoms. The van der Waals surface area contributed by atoms with Crippen molar-refractivity contribution < 1.29 is 9.90 Å². The van der Waals surface area contributed by atoms with Gasteiger partial charge in [-0.05, 0) is 24.5 Å². The first-order chi connectivity index (χ1) is 8.16. The maximum absolute atomic E-state index is 10.9. The summed E-state index contributed by atoms with van der Waals surface area (Å²) in [5.74, 6) is -0.0275. The van der Waals surface area contributed by atoms with E-state index in [2.05, 4.69) is 0 Å². The molecular weight excluding hydrogens is 216 g/mol. The van der Waals surface area contributed by atoms with Gasteiger partial charge in [-0.2, -0.15) is 0 Å². The molecule has 92 valence electrons. The molecule has 0 unspecified atom stereocenters. The molecule has 0 aromatic heterocycles. The zero-order valence-corrected chi connectivity index (χ0v) is 9.80. The topological polar surface area (TPSA) is 66.6 Å². The van der Waals surface area contributed by atoms with Crippen LogP contribution in [-0.2, 0) is 4.79 Å². The molecule has 1 aliphatic carbocycles. The minimum atomic E-state index is -0.816. The molecule has 1 fully saturated rings. The molecule has 1 aromatic carbocycles. The second-order valence-corrected chi connectivity index (χ2v) is 4.61. The first kappa shape index (κ1) is 11.8. The predicted octanol–water partition coefficient (Wildman–Crippen LogP) is 1.96. The van der Waals surface area contributed by atoms with E-state index in [1.165, 1.54) is 12.8 Å². The molecule has 0 amide bonds. The van der Waals surface area contributed by atoms with E-state index in [9.17, 15) is 4.79 Å². The third-order valence-electron chi connectivity index (χ3n) is 3.11. The first-order valence-corrected chi connectivity index (χ1v) is 5.98. The van der Waals surface area contributed by atoms with Crippen LogP contribution in [0, 0.1) is 5.92 Å². The fourth-order valence-electron chi connectivity index (χ4n) is 1.97. The van der Waals surface area contributed by atoms with Crippen LogP contribution in [0.5, 0.6) is 0 Å². The molecule has 17 heavy (non-hydrogen) atoms. The third kappa shape index (κ3) is 3.37. The molecule has 0 bridgehead atoms. The summed E-state index contributed by atoms with van der Waals surface area (Å²) in [7, 11) is 0. The van der Waals surface area contributed by atoms with Crippen molar-refractivity contribution in [3.8, 4) is 0 Å². The summed E-state index contributed by atoms with van der Waals surface area (Å²) in [5.41, 5.74) is 7.36. The number of carbonyl (C=O) groups is 1. The zero-order valence-electron chi connectivity index (χ0n) is 9.80. The fraction of sp³-hybridized carbons (Fsp3) is 0.462. The Morgan fingerprint density at radius 1 is 1.41 bits per heavy atom. The van der Waals surface area contributed by atoms with Crippen molar-refractivity contribution in [2.24, 2.45) is 5.92 Å². The molecule has 3 N–H and O–H groups in total. The number of hydrogen-bond acceptors (Lipinski definition) is 3. The van der Waals surface area contributed by atoms with E-state index in [0.29, 0.717) is 5.69 Å². The van der Waals surface area contributed by atoms with Crippen LogP contribution < -0.4 is 10.6 Å². The lowest BCUT2D eigenvalue weighted by Gasteiger charge is -2.24. The average Bonchev–Trinajstić information content (AvgIpc) is 3.08. The molecule has 0 radical (unpaired) electrons. The van der Waals surface area contributed by atoms with Crippen molar-refractivity contribution in [2.75, 3.05) is 23.7 Å². The van der Waals surface area contributed by atoms with Gasteiger partial charge >= 0.3 is 5.97 Å². The summed E-state index contributed by atoms with van der Waals surface area (Å²) in [6, 6.07) is 7.43. The number of nitrogens with two attached hydrogens (primary N) is 1. The Hall–Kier alpha value is -1.71. The summed E-state index contributed by atoms with van der Waals surface area (Å²) < 4.78 is 0. The van der Waals surface area contributed by atoms with Gasteiger partial charge in [0.1, 0.15) is 6.54 Å². The van der Waals surface area contributed by atoms with Gasteiger partial charge in [-0.15, -0.1) is 0 Å². The highest BCUT2D eigenvalue weighted by Crippen LogP contribution is 2.33. The Bertz CT molecular complexity index is 402. The third-order valence-corrected chi connectivity index (χ3v) is 3.11. The van der Waals surface area contributed by atoms with E-state index in [-0.39, 0.29) is 6.54 Å². The SMILES string of the molecule is Nc1ccccc1N(CCC1CC1)CC(=O)O. The Labute approximate surface area is 101 Å². The Balaban J connectivity index is 2.07. The van der Waals surface area contributed by atoms with Crippen LogP contribution in [0.1, 0.15) is 19.3 Å². The van der Waals surface area contributed by atoms with Crippen molar-refractivity contribution in [1.29, 1.82) is 0 Å². The Kier molecular flexibility index (Phi) is 3.52. The Morgan fingerprint density at radius 2 is 2.12 bits per heavy atom. The van der Waals surface area contributed by atoms with E-state index in [1.807, 2.05) is 23.1 Å². The van der Waals surface area contributed by atoms with Crippen LogP contribution in [0.3, 0.4) is 0 Å². The molecule has 1 aliphatic rings. The van der Waals surface area contributed by atoms with E-state index < -0.39 is 5.97 Å². The van der Waals surface area contributed by atoms with Crippen molar-refractivity contribution in [1.82, 2.24) is 0 Å². The van der Waals surface area contributed by atoms with Crippen LogP contribution in [0.4, 0.5) is 11.4 Å². The molecule has 0 heterocycles. The van der Waals surface area contributed by atoms with Crippen LogP contribution in [-0.4, -0.2) is 24.2 Å². The zero-order chi connectivity index (χ0) is 12.3. The van der Waals surface area contributed by atoms with Gasteiger partial charge in [0.2, 0.25) is 0 Å². The monoisotopic (exact) mass is 234 g/mol. The second-order valence-electron chi connectivity index (χ2n) is 4.61. The number of benzene rings is 1. The van der Waals surface area contributed by atoms with Crippen molar-refractivity contribution >= 4 is 17.3 Å². The van der Waals surface area contributed by atoms with Gasteiger partial charge in [0.25, 0.3) is 0 Å². The molecule has 4 nitrogen and oxygen atoms in total. The van der Waals surface area contributed by atoms with Crippen LogP contribution in [0.15, 0.2) is 24.3 Å². The lowest BCUT2D eigenvalue weighted by Crippen LogP contribution is -2.31. The fourth-order valence-corrected chi connectivity index (χ4v) is 1.97. The van der Waals surface area contributed by atoms with Crippen molar-refractivity contribution in [2.45, 2.75) is 19.3 Å². The Morgan fingerprint density at radius 3 is 2.71 bits per heavy atom. The lowest BCUT2D eigenvalue weighted by molar-refractivity contribution is -0.135. The maximum Gasteiger partial charge on any atom is 0.323 e. The molecule has 1 saturated carbocycles. The van der Waals surface area contributed by atoms with Gasteiger partial charge in [0, 0.05) is 6.54 Å². The van der Waals surface area contributed by atoms with Crippen LogP contribution in [0.2, 0.25) is 0 Å². The van der Waals surface area contributed by atoms with Gasteiger partial charge in [-0.25, -0.2) is 0 Å². The summed E-state index contributed by atoms with van der Waals surface area (Å²) in [6.45, 7) is 0.784. The molecule has 1 aromatic rings. The largest absolute Gasteiger partial charge is 0.480 e. The summed E-state index contributed by atoms with van der Waals surface area (Å²) in [5, 5.41) is 8.93. The molecule has 2 rings (SSSR count).